The van der Waals surface area contributed by atoms with Crippen molar-refractivity contribution >= 4 is 11.8 Å². The second kappa shape index (κ2) is 4.25. The molecule has 1 N–H and O–H groups in total. The van der Waals surface area contributed by atoms with E-state index in [0.717, 1.165) is 12.8 Å². The fourth-order valence-electron chi connectivity index (χ4n) is 2.73. The van der Waals surface area contributed by atoms with Crippen LogP contribution in [-0.2, 0) is 9.59 Å². The van der Waals surface area contributed by atoms with Crippen LogP contribution >= 0.6 is 0 Å². The second-order valence-electron chi connectivity index (χ2n) is 7.06. The van der Waals surface area contributed by atoms with E-state index < -0.39 is 5.54 Å². The number of nitrogens with one attached hydrogen (secondary N) is 1. The third-order valence-corrected chi connectivity index (χ3v) is 3.80. The first kappa shape index (κ1) is 13.4. The van der Waals surface area contributed by atoms with Crippen LogP contribution in [0.3, 0.4) is 0 Å². The Morgan fingerprint density at radius 2 is 1.94 bits per heavy atom. The van der Waals surface area contributed by atoms with Gasteiger partial charge in [-0.2, -0.15) is 0 Å². The quantitative estimate of drug-likeness (QED) is 0.810. The van der Waals surface area contributed by atoms with Gasteiger partial charge in [0.15, 0.2) is 0 Å². The molecule has 2 aliphatic rings. The first-order valence-electron chi connectivity index (χ1n) is 6.83. The van der Waals surface area contributed by atoms with Crippen LogP contribution in [0.15, 0.2) is 0 Å². The van der Waals surface area contributed by atoms with Crippen LogP contribution in [0, 0.1) is 11.3 Å². The van der Waals surface area contributed by atoms with E-state index >= 15 is 0 Å². The van der Waals surface area contributed by atoms with E-state index in [4.69, 9.17) is 0 Å². The molecule has 1 atom stereocenters. The maximum atomic E-state index is 12.7. The lowest BCUT2D eigenvalue weighted by Gasteiger charge is -2.35. The molecule has 102 valence electrons. The summed E-state index contributed by atoms with van der Waals surface area (Å²) in [6.45, 7) is 9.51. The van der Waals surface area contributed by atoms with E-state index in [-0.39, 0.29) is 17.2 Å². The number of carbonyl (C=O) groups is 2. The highest BCUT2D eigenvalue weighted by molar-refractivity contribution is 5.93. The zero-order valence-corrected chi connectivity index (χ0v) is 11.9. The van der Waals surface area contributed by atoms with E-state index in [1.807, 2.05) is 11.8 Å². The second-order valence-corrected chi connectivity index (χ2v) is 7.06. The van der Waals surface area contributed by atoms with Crippen LogP contribution in [0.5, 0.6) is 0 Å². The van der Waals surface area contributed by atoms with Gasteiger partial charge in [0.05, 0.1) is 0 Å². The maximum Gasteiger partial charge on any atom is 0.248 e. The number of amides is 2. The fraction of sp³-hybridized carbons (Fsp3) is 0.857. The topological polar surface area (TPSA) is 49.4 Å². The van der Waals surface area contributed by atoms with Crippen molar-refractivity contribution in [3.63, 3.8) is 0 Å². The molecule has 2 rings (SSSR count). The van der Waals surface area contributed by atoms with E-state index in [1.54, 1.807) is 0 Å². The summed E-state index contributed by atoms with van der Waals surface area (Å²) < 4.78 is 0. The molecule has 1 heterocycles. The van der Waals surface area contributed by atoms with Crippen molar-refractivity contribution < 1.29 is 9.59 Å². The maximum absolute atomic E-state index is 12.7. The Balaban J connectivity index is 2.21. The molecule has 0 bridgehead atoms. The van der Waals surface area contributed by atoms with Gasteiger partial charge in [-0.15, -0.1) is 0 Å². The first-order chi connectivity index (χ1) is 8.22. The summed E-state index contributed by atoms with van der Waals surface area (Å²) >= 11 is 0. The molecule has 4 nitrogen and oxygen atoms in total. The van der Waals surface area contributed by atoms with E-state index in [2.05, 4.69) is 26.1 Å². The molecule has 2 amide bonds. The van der Waals surface area contributed by atoms with Gasteiger partial charge in [0.25, 0.3) is 0 Å². The number of hydrogen-bond acceptors (Lipinski definition) is 2. The standard InChI is InChI=1S/C14H24N2O2/c1-13(2,3)9-16-8-7-11(17)15-14(4,12(16)18)10-5-6-10/h10H,5-9H2,1-4H3,(H,15,17). The highest BCUT2D eigenvalue weighted by Gasteiger charge is 2.51. The van der Waals surface area contributed by atoms with Crippen LogP contribution in [0.2, 0.25) is 0 Å². The molecule has 0 aromatic rings. The van der Waals surface area contributed by atoms with Crippen LogP contribution < -0.4 is 5.32 Å². The smallest absolute Gasteiger partial charge is 0.248 e. The van der Waals surface area contributed by atoms with Gasteiger partial charge >= 0.3 is 0 Å². The van der Waals surface area contributed by atoms with Gasteiger partial charge in [-0.05, 0) is 31.1 Å². The van der Waals surface area contributed by atoms with Gasteiger partial charge in [-0.1, -0.05) is 20.8 Å². The van der Waals surface area contributed by atoms with Crippen LogP contribution in [-0.4, -0.2) is 35.3 Å². The lowest BCUT2D eigenvalue weighted by Crippen LogP contribution is -2.57. The Hall–Kier alpha value is -1.06. The van der Waals surface area contributed by atoms with Crippen LogP contribution in [0.25, 0.3) is 0 Å². The minimum absolute atomic E-state index is 0.00848. The largest absolute Gasteiger partial charge is 0.342 e. The number of hydrogen-bond donors (Lipinski definition) is 1. The normalized spacial score (nSPS) is 30.1. The van der Waals surface area contributed by atoms with Crippen molar-refractivity contribution in [2.75, 3.05) is 13.1 Å². The average Bonchev–Trinajstić information content (AvgIpc) is 3.03. The zero-order chi connectivity index (χ0) is 13.6. The number of carbonyl (C=O) groups excluding carboxylic acids is 2. The number of nitrogens with zero attached hydrogens (tertiary/aromatic N) is 1. The molecule has 1 aliphatic heterocycles. The van der Waals surface area contributed by atoms with Gasteiger partial charge in [-0.3, -0.25) is 9.59 Å². The van der Waals surface area contributed by atoms with E-state index in [0.29, 0.717) is 25.4 Å². The Bertz CT molecular complexity index is 368. The monoisotopic (exact) mass is 252 g/mol. The molecule has 1 unspecified atom stereocenters. The third kappa shape index (κ3) is 2.68. The average molecular weight is 252 g/mol. The van der Waals surface area contributed by atoms with Crippen molar-refractivity contribution in [3.05, 3.63) is 0 Å². The summed E-state index contributed by atoms with van der Waals surface area (Å²) in [5, 5.41) is 2.95. The Kier molecular flexibility index (Phi) is 3.16. The molecular weight excluding hydrogens is 228 g/mol. The first-order valence-corrected chi connectivity index (χ1v) is 6.83. The summed E-state index contributed by atoms with van der Waals surface area (Å²) in [5.41, 5.74) is -0.605. The molecule has 0 aromatic heterocycles. The molecule has 0 aromatic carbocycles. The van der Waals surface area contributed by atoms with E-state index in [1.165, 1.54) is 0 Å². The van der Waals surface area contributed by atoms with Crippen molar-refractivity contribution in [1.82, 2.24) is 10.2 Å². The molecule has 0 spiro atoms. The summed E-state index contributed by atoms with van der Waals surface area (Å²) in [7, 11) is 0. The fourth-order valence-corrected chi connectivity index (χ4v) is 2.73. The van der Waals surface area contributed by atoms with Gasteiger partial charge < -0.3 is 10.2 Å². The summed E-state index contributed by atoms with van der Waals surface area (Å²) in [6.07, 6.45) is 2.52. The summed E-state index contributed by atoms with van der Waals surface area (Å²) in [6, 6.07) is 0. The number of rotatable bonds is 2. The predicted molar refractivity (Wildman–Crippen MR) is 69.9 cm³/mol. The SMILES string of the molecule is CC(C)(C)CN1CCC(=O)NC(C)(C2CC2)C1=O. The molecule has 1 saturated carbocycles. The minimum atomic E-state index is -0.668. The van der Waals surface area contributed by atoms with Crippen molar-refractivity contribution in [3.8, 4) is 0 Å². The molecular formula is C14H24N2O2. The zero-order valence-electron chi connectivity index (χ0n) is 11.9. The van der Waals surface area contributed by atoms with Crippen molar-refractivity contribution in [2.45, 2.75) is 52.5 Å². The predicted octanol–water partition coefficient (Wildman–Crippen LogP) is 1.55. The van der Waals surface area contributed by atoms with Gasteiger partial charge in [0.2, 0.25) is 11.8 Å². The lowest BCUT2D eigenvalue weighted by atomic mass is 9.91. The molecule has 2 fully saturated rings. The highest BCUT2D eigenvalue weighted by Crippen LogP contribution is 2.41. The third-order valence-electron chi connectivity index (χ3n) is 3.80. The molecule has 1 saturated heterocycles. The van der Waals surface area contributed by atoms with Crippen molar-refractivity contribution in [2.24, 2.45) is 11.3 Å². The van der Waals surface area contributed by atoms with Crippen LogP contribution in [0.1, 0.15) is 47.0 Å². The van der Waals surface area contributed by atoms with Gasteiger partial charge in [-0.25, -0.2) is 0 Å². The molecule has 4 heteroatoms. The Morgan fingerprint density at radius 1 is 1.33 bits per heavy atom. The minimum Gasteiger partial charge on any atom is -0.342 e. The Labute approximate surface area is 109 Å². The highest BCUT2D eigenvalue weighted by atomic mass is 16.2. The summed E-state index contributed by atoms with van der Waals surface area (Å²) in [5.74, 6) is 0.439. The summed E-state index contributed by atoms with van der Waals surface area (Å²) in [4.78, 5) is 26.4. The molecule has 0 radical (unpaired) electrons. The molecule has 1 aliphatic carbocycles. The van der Waals surface area contributed by atoms with Crippen LogP contribution in [0.4, 0.5) is 0 Å². The van der Waals surface area contributed by atoms with Gasteiger partial charge in [0, 0.05) is 19.5 Å². The lowest BCUT2D eigenvalue weighted by molar-refractivity contribution is -0.140. The van der Waals surface area contributed by atoms with Crippen molar-refractivity contribution in [1.29, 1.82) is 0 Å². The van der Waals surface area contributed by atoms with E-state index in [9.17, 15) is 9.59 Å². The Morgan fingerprint density at radius 3 is 2.44 bits per heavy atom. The van der Waals surface area contributed by atoms with Gasteiger partial charge in [0.1, 0.15) is 5.54 Å². The molecule has 18 heavy (non-hydrogen) atoms.